The molecule has 0 aliphatic rings. The minimum Gasteiger partial charge on any atom is -0.207 e. The highest BCUT2D eigenvalue weighted by Gasteiger charge is 2.21. The van der Waals surface area contributed by atoms with Gasteiger partial charge in [0.25, 0.3) is 0 Å². The molecule has 0 atom stereocenters. The van der Waals surface area contributed by atoms with Crippen LogP contribution in [0.2, 0.25) is 0 Å². The molecule has 0 aromatic heterocycles. The van der Waals surface area contributed by atoms with Crippen molar-refractivity contribution in [1.29, 1.82) is 5.26 Å². The van der Waals surface area contributed by atoms with E-state index in [1.807, 2.05) is 13.0 Å². The molecule has 0 bridgehead atoms. The van der Waals surface area contributed by atoms with Gasteiger partial charge in [-0.1, -0.05) is 6.07 Å². The standard InChI is InChI=1S/C12H14FN/c1-8-5-10(12(3,4)7-14)6-11(13)9(8)2/h5-6H,1-4H3. The Bertz CT molecular complexity index is 376. The molecule has 0 radical (unpaired) electrons. The van der Waals surface area contributed by atoms with Gasteiger partial charge in [0.1, 0.15) is 5.82 Å². The Morgan fingerprint density at radius 2 is 1.86 bits per heavy atom. The minimum atomic E-state index is -0.626. The van der Waals surface area contributed by atoms with Crippen molar-refractivity contribution in [2.75, 3.05) is 0 Å². The van der Waals surface area contributed by atoms with Gasteiger partial charge in [0.2, 0.25) is 0 Å². The number of hydrogen-bond donors (Lipinski definition) is 0. The van der Waals surface area contributed by atoms with Crippen LogP contribution in [0.25, 0.3) is 0 Å². The first-order chi connectivity index (χ1) is 6.38. The average molecular weight is 191 g/mol. The molecular weight excluding hydrogens is 177 g/mol. The quantitative estimate of drug-likeness (QED) is 0.668. The smallest absolute Gasteiger partial charge is 0.126 e. The van der Waals surface area contributed by atoms with Gasteiger partial charge in [0.05, 0.1) is 11.5 Å². The maximum atomic E-state index is 13.4. The molecule has 0 unspecified atom stereocenters. The third kappa shape index (κ3) is 1.77. The summed E-state index contributed by atoms with van der Waals surface area (Å²) in [6, 6.07) is 5.49. The van der Waals surface area contributed by atoms with Gasteiger partial charge in [-0.15, -0.1) is 0 Å². The van der Waals surface area contributed by atoms with Crippen LogP contribution < -0.4 is 0 Å². The van der Waals surface area contributed by atoms with E-state index in [0.717, 1.165) is 11.1 Å². The Morgan fingerprint density at radius 1 is 1.29 bits per heavy atom. The maximum absolute atomic E-state index is 13.4. The molecule has 2 heteroatoms. The first-order valence-corrected chi connectivity index (χ1v) is 4.57. The Labute approximate surface area is 84.2 Å². The molecule has 1 nitrogen and oxygen atoms in total. The highest BCUT2D eigenvalue weighted by molar-refractivity contribution is 5.38. The summed E-state index contributed by atoms with van der Waals surface area (Å²) in [6.07, 6.45) is 0. The maximum Gasteiger partial charge on any atom is 0.126 e. The van der Waals surface area contributed by atoms with Crippen LogP contribution in [0.3, 0.4) is 0 Å². The molecular formula is C12H14FN. The zero-order chi connectivity index (χ0) is 10.9. The van der Waals surface area contributed by atoms with E-state index in [1.54, 1.807) is 20.8 Å². The van der Waals surface area contributed by atoms with Crippen molar-refractivity contribution in [2.45, 2.75) is 33.1 Å². The number of benzene rings is 1. The summed E-state index contributed by atoms with van der Waals surface area (Å²) in [5.74, 6) is -0.233. The predicted octanol–water partition coefficient (Wildman–Crippen LogP) is 3.24. The highest BCUT2D eigenvalue weighted by Crippen LogP contribution is 2.25. The number of hydrogen-bond acceptors (Lipinski definition) is 1. The molecule has 0 heterocycles. The fourth-order valence-corrected chi connectivity index (χ4v) is 1.24. The van der Waals surface area contributed by atoms with E-state index < -0.39 is 5.41 Å². The number of halogens is 1. The van der Waals surface area contributed by atoms with Crippen LogP contribution in [0, 0.1) is 31.0 Å². The SMILES string of the molecule is Cc1cc(C(C)(C)C#N)cc(F)c1C. The fourth-order valence-electron chi connectivity index (χ4n) is 1.24. The summed E-state index contributed by atoms with van der Waals surface area (Å²) >= 11 is 0. The van der Waals surface area contributed by atoms with Crippen molar-refractivity contribution < 1.29 is 4.39 Å². The zero-order valence-electron chi connectivity index (χ0n) is 8.98. The topological polar surface area (TPSA) is 23.8 Å². The minimum absolute atomic E-state index is 0.233. The van der Waals surface area contributed by atoms with Gasteiger partial charge < -0.3 is 0 Å². The van der Waals surface area contributed by atoms with E-state index in [-0.39, 0.29) is 5.82 Å². The van der Waals surface area contributed by atoms with Crippen LogP contribution in [-0.4, -0.2) is 0 Å². The fraction of sp³-hybridized carbons (Fsp3) is 0.417. The molecule has 0 saturated carbocycles. The Balaban J connectivity index is 3.35. The largest absolute Gasteiger partial charge is 0.207 e. The second-order valence-electron chi connectivity index (χ2n) is 4.14. The number of aryl methyl sites for hydroxylation is 1. The van der Waals surface area contributed by atoms with E-state index in [2.05, 4.69) is 6.07 Å². The molecule has 0 fully saturated rings. The molecule has 0 saturated heterocycles. The molecule has 1 rings (SSSR count). The average Bonchev–Trinajstić information content (AvgIpc) is 2.13. The van der Waals surface area contributed by atoms with Crippen LogP contribution in [-0.2, 0) is 5.41 Å². The number of nitrogens with zero attached hydrogens (tertiary/aromatic N) is 1. The lowest BCUT2D eigenvalue weighted by Crippen LogP contribution is -2.14. The van der Waals surface area contributed by atoms with Crippen LogP contribution in [0.15, 0.2) is 12.1 Å². The summed E-state index contributed by atoms with van der Waals surface area (Å²) in [5.41, 5.74) is 1.66. The van der Waals surface area contributed by atoms with Crippen LogP contribution >= 0.6 is 0 Å². The van der Waals surface area contributed by atoms with Gasteiger partial charge >= 0.3 is 0 Å². The molecule has 14 heavy (non-hydrogen) atoms. The van der Waals surface area contributed by atoms with E-state index in [1.165, 1.54) is 6.07 Å². The summed E-state index contributed by atoms with van der Waals surface area (Å²) in [6.45, 7) is 7.18. The molecule has 1 aromatic rings. The van der Waals surface area contributed by atoms with E-state index >= 15 is 0 Å². The molecule has 0 aliphatic carbocycles. The third-order valence-corrected chi connectivity index (χ3v) is 2.61. The van der Waals surface area contributed by atoms with Gasteiger partial charge in [-0.05, 0) is 50.5 Å². The Hall–Kier alpha value is -1.36. The molecule has 0 aliphatic heterocycles. The van der Waals surface area contributed by atoms with Crippen molar-refractivity contribution in [2.24, 2.45) is 0 Å². The lowest BCUT2D eigenvalue weighted by molar-refractivity contribution is 0.602. The summed E-state index contributed by atoms with van der Waals surface area (Å²) < 4.78 is 13.4. The molecule has 74 valence electrons. The van der Waals surface area contributed by atoms with Gasteiger partial charge in [-0.2, -0.15) is 5.26 Å². The normalized spacial score (nSPS) is 11.1. The molecule has 0 spiro atoms. The lowest BCUT2D eigenvalue weighted by atomic mass is 9.85. The second-order valence-corrected chi connectivity index (χ2v) is 4.14. The van der Waals surface area contributed by atoms with E-state index in [4.69, 9.17) is 5.26 Å². The number of rotatable bonds is 1. The van der Waals surface area contributed by atoms with E-state index in [9.17, 15) is 4.39 Å². The molecule has 1 aromatic carbocycles. The van der Waals surface area contributed by atoms with Crippen molar-refractivity contribution in [3.05, 3.63) is 34.6 Å². The van der Waals surface area contributed by atoms with Crippen molar-refractivity contribution in [3.63, 3.8) is 0 Å². The van der Waals surface area contributed by atoms with Gasteiger partial charge in [-0.25, -0.2) is 4.39 Å². The first-order valence-electron chi connectivity index (χ1n) is 4.57. The first kappa shape index (κ1) is 10.7. The number of nitriles is 1. The zero-order valence-corrected chi connectivity index (χ0v) is 8.98. The summed E-state index contributed by atoms with van der Waals surface area (Å²) in [7, 11) is 0. The van der Waals surface area contributed by atoms with Gasteiger partial charge in [0, 0.05) is 0 Å². The van der Waals surface area contributed by atoms with Crippen LogP contribution in [0.5, 0.6) is 0 Å². The van der Waals surface area contributed by atoms with Gasteiger partial charge in [0.15, 0.2) is 0 Å². The molecule has 0 amide bonds. The third-order valence-electron chi connectivity index (χ3n) is 2.61. The summed E-state index contributed by atoms with van der Waals surface area (Å²) in [5, 5.41) is 8.93. The predicted molar refractivity (Wildman–Crippen MR) is 54.5 cm³/mol. The van der Waals surface area contributed by atoms with Gasteiger partial charge in [-0.3, -0.25) is 0 Å². The van der Waals surface area contributed by atoms with Crippen molar-refractivity contribution >= 4 is 0 Å². The van der Waals surface area contributed by atoms with Crippen molar-refractivity contribution in [1.82, 2.24) is 0 Å². The van der Waals surface area contributed by atoms with Crippen LogP contribution in [0.1, 0.15) is 30.5 Å². The monoisotopic (exact) mass is 191 g/mol. The molecule has 0 N–H and O–H groups in total. The Kier molecular flexibility index (Phi) is 2.62. The lowest BCUT2D eigenvalue weighted by Gasteiger charge is -2.17. The second kappa shape index (κ2) is 3.42. The Morgan fingerprint density at radius 3 is 2.29 bits per heavy atom. The summed E-state index contributed by atoms with van der Waals surface area (Å²) in [4.78, 5) is 0. The van der Waals surface area contributed by atoms with Crippen molar-refractivity contribution in [3.8, 4) is 6.07 Å². The highest BCUT2D eigenvalue weighted by atomic mass is 19.1. The van der Waals surface area contributed by atoms with Crippen LogP contribution in [0.4, 0.5) is 4.39 Å². The van der Waals surface area contributed by atoms with E-state index in [0.29, 0.717) is 5.56 Å².